The van der Waals surface area contributed by atoms with Crippen LogP contribution in [-0.2, 0) is 29.1 Å². The van der Waals surface area contributed by atoms with Gasteiger partial charge in [-0.2, -0.15) is 0 Å². The van der Waals surface area contributed by atoms with Gasteiger partial charge in [0.05, 0.1) is 6.42 Å². The first-order chi connectivity index (χ1) is 12.3. The molecule has 8 heteroatoms. The average molecular weight is 360 g/mol. The molecule has 0 aromatic heterocycles. The molecule has 2 rings (SSSR count). The summed E-state index contributed by atoms with van der Waals surface area (Å²) in [6.07, 6.45) is 0.633. The van der Waals surface area contributed by atoms with E-state index < -0.39 is 5.09 Å². The Morgan fingerprint density at radius 1 is 1.15 bits per heavy atom. The standard InChI is InChI=1S/C18H20N2O6/c1-12(7-14-5-6-16(21)17(22)9-14)19-18(23)10-13-3-2-4-15(8-13)11-26-20(24)25/h2-6,8-9,12,21-22H,7,10-11H2,1H3,(H,19,23). The minimum absolute atomic E-state index is 0.136. The van der Waals surface area contributed by atoms with E-state index >= 15 is 0 Å². The molecule has 1 unspecified atom stereocenters. The van der Waals surface area contributed by atoms with Crippen molar-refractivity contribution >= 4 is 5.91 Å². The molecule has 0 heterocycles. The van der Waals surface area contributed by atoms with Gasteiger partial charge in [-0.3, -0.25) is 4.79 Å². The first kappa shape index (κ1) is 19.0. The van der Waals surface area contributed by atoms with Crippen LogP contribution < -0.4 is 5.32 Å². The maximum absolute atomic E-state index is 12.2. The zero-order valence-corrected chi connectivity index (χ0v) is 14.2. The first-order valence-electron chi connectivity index (χ1n) is 7.99. The Bertz CT molecular complexity index is 793. The predicted molar refractivity (Wildman–Crippen MR) is 93.0 cm³/mol. The molecule has 3 N–H and O–H groups in total. The van der Waals surface area contributed by atoms with E-state index in [2.05, 4.69) is 10.2 Å². The number of hydrogen-bond acceptors (Lipinski definition) is 6. The molecule has 0 saturated heterocycles. The Hall–Kier alpha value is -3.29. The van der Waals surface area contributed by atoms with E-state index in [1.807, 2.05) is 6.92 Å². The van der Waals surface area contributed by atoms with E-state index in [1.54, 1.807) is 30.3 Å². The molecule has 1 atom stereocenters. The maximum atomic E-state index is 12.2. The number of nitrogens with zero attached hydrogens (tertiary/aromatic N) is 1. The summed E-state index contributed by atoms with van der Waals surface area (Å²) in [7, 11) is 0. The summed E-state index contributed by atoms with van der Waals surface area (Å²) in [5, 5.41) is 31.1. The molecule has 0 bridgehead atoms. The summed E-state index contributed by atoms with van der Waals surface area (Å²) in [5.41, 5.74) is 2.12. The van der Waals surface area contributed by atoms with E-state index in [1.165, 1.54) is 12.1 Å². The summed E-state index contributed by atoms with van der Waals surface area (Å²) in [6, 6.07) is 11.2. The van der Waals surface area contributed by atoms with Crippen molar-refractivity contribution in [2.75, 3.05) is 0 Å². The van der Waals surface area contributed by atoms with Crippen molar-refractivity contribution in [2.24, 2.45) is 0 Å². The molecular formula is C18H20N2O6. The van der Waals surface area contributed by atoms with Gasteiger partial charge in [0.15, 0.2) is 11.5 Å². The average Bonchev–Trinajstić information content (AvgIpc) is 2.56. The summed E-state index contributed by atoms with van der Waals surface area (Å²) in [4.78, 5) is 26.7. The van der Waals surface area contributed by atoms with Gasteiger partial charge in [0.2, 0.25) is 5.91 Å². The van der Waals surface area contributed by atoms with Gasteiger partial charge in [-0.25, -0.2) is 0 Å². The fraction of sp³-hybridized carbons (Fsp3) is 0.278. The van der Waals surface area contributed by atoms with Crippen molar-refractivity contribution in [1.82, 2.24) is 5.32 Å². The number of benzene rings is 2. The molecule has 2 aromatic rings. The Kier molecular flexibility index (Phi) is 6.37. The summed E-state index contributed by atoms with van der Waals surface area (Å²) in [6.45, 7) is 1.67. The van der Waals surface area contributed by atoms with Crippen molar-refractivity contribution in [3.05, 3.63) is 69.3 Å². The molecule has 2 aromatic carbocycles. The third-order valence-electron chi connectivity index (χ3n) is 3.68. The Labute approximate surface area is 150 Å². The van der Waals surface area contributed by atoms with Crippen LogP contribution in [0.3, 0.4) is 0 Å². The first-order valence-corrected chi connectivity index (χ1v) is 7.99. The monoisotopic (exact) mass is 360 g/mol. The van der Waals surface area contributed by atoms with Gasteiger partial charge in [0, 0.05) is 6.04 Å². The number of amides is 1. The van der Waals surface area contributed by atoms with Crippen LogP contribution in [0.5, 0.6) is 11.5 Å². The minimum Gasteiger partial charge on any atom is -0.504 e. The molecule has 0 aliphatic rings. The number of nitrogens with one attached hydrogen (secondary N) is 1. The lowest BCUT2D eigenvalue weighted by Crippen LogP contribution is -2.35. The molecule has 1 amide bonds. The molecule has 0 aliphatic heterocycles. The molecule has 0 radical (unpaired) electrons. The molecule has 138 valence electrons. The van der Waals surface area contributed by atoms with Crippen LogP contribution in [0.4, 0.5) is 0 Å². The van der Waals surface area contributed by atoms with Gasteiger partial charge in [-0.1, -0.05) is 30.3 Å². The molecule has 26 heavy (non-hydrogen) atoms. The van der Waals surface area contributed by atoms with Crippen molar-refractivity contribution in [1.29, 1.82) is 0 Å². The van der Waals surface area contributed by atoms with Crippen molar-refractivity contribution in [3.8, 4) is 11.5 Å². The van der Waals surface area contributed by atoms with Crippen LogP contribution in [-0.4, -0.2) is 27.2 Å². The molecule has 8 nitrogen and oxygen atoms in total. The third kappa shape index (κ3) is 5.97. The molecule has 0 saturated carbocycles. The fourth-order valence-corrected chi connectivity index (χ4v) is 2.57. The van der Waals surface area contributed by atoms with Gasteiger partial charge in [0.25, 0.3) is 5.09 Å². The second-order valence-electron chi connectivity index (χ2n) is 5.99. The third-order valence-corrected chi connectivity index (χ3v) is 3.68. The lowest BCUT2D eigenvalue weighted by atomic mass is 10.1. The predicted octanol–water partition coefficient (Wildman–Crippen LogP) is 2.10. The van der Waals surface area contributed by atoms with Gasteiger partial charge in [0.1, 0.15) is 6.61 Å². The van der Waals surface area contributed by atoms with Crippen LogP contribution in [0.15, 0.2) is 42.5 Å². The van der Waals surface area contributed by atoms with Gasteiger partial charge in [-0.15, -0.1) is 10.1 Å². The smallest absolute Gasteiger partial charge is 0.294 e. The molecule has 0 fully saturated rings. The van der Waals surface area contributed by atoms with Crippen molar-refractivity contribution < 1.29 is 24.9 Å². The number of phenols is 2. The minimum atomic E-state index is -0.859. The van der Waals surface area contributed by atoms with Crippen LogP contribution in [0.2, 0.25) is 0 Å². The fourth-order valence-electron chi connectivity index (χ4n) is 2.57. The number of rotatable bonds is 8. The Morgan fingerprint density at radius 3 is 2.58 bits per heavy atom. The number of aromatic hydroxyl groups is 2. The van der Waals surface area contributed by atoms with Gasteiger partial charge < -0.3 is 20.4 Å². The van der Waals surface area contributed by atoms with E-state index in [4.69, 9.17) is 0 Å². The van der Waals surface area contributed by atoms with Gasteiger partial charge in [-0.05, 0) is 42.2 Å². The Balaban J connectivity index is 1.88. The van der Waals surface area contributed by atoms with Crippen LogP contribution >= 0.6 is 0 Å². The highest BCUT2D eigenvalue weighted by Crippen LogP contribution is 2.25. The second-order valence-corrected chi connectivity index (χ2v) is 5.99. The van der Waals surface area contributed by atoms with Gasteiger partial charge >= 0.3 is 0 Å². The van der Waals surface area contributed by atoms with Crippen LogP contribution in [0, 0.1) is 10.1 Å². The highest BCUT2D eigenvalue weighted by atomic mass is 16.9. The van der Waals surface area contributed by atoms with E-state index in [0.29, 0.717) is 12.0 Å². The highest BCUT2D eigenvalue weighted by Gasteiger charge is 2.11. The zero-order chi connectivity index (χ0) is 19.1. The largest absolute Gasteiger partial charge is 0.504 e. The van der Waals surface area contributed by atoms with E-state index in [0.717, 1.165) is 11.1 Å². The van der Waals surface area contributed by atoms with Crippen molar-refractivity contribution in [3.63, 3.8) is 0 Å². The number of hydrogen-bond donors (Lipinski definition) is 3. The molecular weight excluding hydrogens is 340 g/mol. The summed E-state index contributed by atoms with van der Waals surface area (Å²) < 4.78 is 0. The maximum Gasteiger partial charge on any atom is 0.294 e. The quantitative estimate of drug-likeness (QED) is 0.376. The van der Waals surface area contributed by atoms with E-state index in [-0.39, 0.29) is 36.5 Å². The highest BCUT2D eigenvalue weighted by molar-refractivity contribution is 5.78. The Morgan fingerprint density at radius 2 is 1.88 bits per heavy atom. The SMILES string of the molecule is CC(Cc1ccc(O)c(O)c1)NC(=O)Cc1cccc(CO[N+](=O)[O-])c1. The van der Waals surface area contributed by atoms with Crippen LogP contribution in [0.1, 0.15) is 23.6 Å². The lowest BCUT2D eigenvalue weighted by molar-refractivity contribution is -0.763. The molecule has 0 aliphatic carbocycles. The number of carbonyl (C=O) groups is 1. The normalized spacial score (nSPS) is 11.6. The molecule has 0 spiro atoms. The van der Waals surface area contributed by atoms with E-state index in [9.17, 15) is 25.1 Å². The second kappa shape index (κ2) is 8.70. The number of carbonyl (C=O) groups excluding carboxylic acids is 1. The lowest BCUT2D eigenvalue weighted by Gasteiger charge is -2.14. The topological polar surface area (TPSA) is 122 Å². The summed E-state index contributed by atoms with van der Waals surface area (Å²) >= 11 is 0. The number of phenolic OH excluding ortho intramolecular Hbond substituents is 2. The van der Waals surface area contributed by atoms with Crippen LogP contribution in [0.25, 0.3) is 0 Å². The van der Waals surface area contributed by atoms with Crippen molar-refractivity contribution in [2.45, 2.75) is 32.4 Å². The summed E-state index contributed by atoms with van der Waals surface area (Å²) in [5.74, 6) is -0.575. The zero-order valence-electron chi connectivity index (χ0n) is 14.2.